The van der Waals surface area contributed by atoms with Gasteiger partial charge in [-0.15, -0.1) is 6.58 Å². The van der Waals surface area contributed by atoms with Gasteiger partial charge in [0, 0.05) is 20.0 Å². The van der Waals surface area contributed by atoms with Gasteiger partial charge in [-0.1, -0.05) is 13.0 Å². The number of nitrogens with zero attached hydrogens (tertiary/aromatic N) is 3. The first-order valence-corrected chi connectivity index (χ1v) is 4.98. The highest BCUT2D eigenvalue weighted by Gasteiger charge is 2.04. The van der Waals surface area contributed by atoms with E-state index in [1.807, 2.05) is 17.8 Å². The van der Waals surface area contributed by atoms with Crippen LogP contribution in [0.1, 0.15) is 25.0 Å². The molecule has 0 aromatic carbocycles. The van der Waals surface area contributed by atoms with E-state index in [9.17, 15) is 0 Å². The van der Waals surface area contributed by atoms with Gasteiger partial charge in [-0.25, -0.2) is 4.98 Å². The van der Waals surface area contributed by atoms with Gasteiger partial charge in [-0.05, 0) is 6.42 Å². The van der Waals surface area contributed by atoms with Gasteiger partial charge in [0.15, 0.2) is 5.82 Å². The van der Waals surface area contributed by atoms with Gasteiger partial charge in [-0.2, -0.15) is 5.10 Å². The van der Waals surface area contributed by atoms with Gasteiger partial charge in [0.25, 0.3) is 0 Å². The molecular weight excluding hydrogens is 176 g/mol. The van der Waals surface area contributed by atoms with Crippen molar-refractivity contribution in [1.82, 2.24) is 20.1 Å². The lowest BCUT2D eigenvalue weighted by molar-refractivity contribution is 0.640. The number of aryl methyl sites for hydroxylation is 2. The van der Waals surface area contributed by atoms with E-state index >= 15 is 0 Å². The maximum atomic E-state index is 4.43. The average molecular weight is 194 g/mol. The summed E-state index contributed by atoms with van der Waals surface area (Å²) in [5.41, 5.74) is 0. The Balaban J connectivity index is 2.53. The van der Waals surface area contributed by atoms with Crippen molar-refractivity contribution in [3.05, 3.63) is 24.3 Å². The van der Waals surface area contributed by atoms with Crippen LogP contribution in [-0.2, 0) is 20.0 Å². The number of hydrogen-bond donors (Lipinski definition) is 1. The highest BCUT2D eigenvalue weighted by molar-refractivity contribution is 4.92. The fourth-order valence-corrected chi connectivity index (χ4v) is 1.24. The van der Waals surface area contributed by atoms with Gasteiger partial charge >= 0.3 is 0 Å². The minimum Gasteiger partial charge on any atom is -0.306 e. The minimum atomic E-state index is 0.749. The van der Waals surface area contributed by atoms with E-state index in [1.54, 1.807) is 0 Å². The zero-order valence-corrected chi connectivity index (χ0v) is 8.95. The molecule has 0 radical (unpaired) electrons. The van der Waals surface area contributed by atoms with E-state index in [-0.39, 0.29) is 0 Å². The first-order chi connectivity index (χ1) is 6.77. The second-order valence-corrected chi connectivity index (χ2v) is 3.24. The molecule has 0 aliphatic heterocycles. The number of aromatic nitrogens is 3. The lowest BCUT2D eigenvalue weighted by Crippen LogP contribution is -2.16. The van der Waals surface area contributed by atoms with Crippen LogP contribution in [0.15, 0.2) is 12.7 Å². The molecule has 0 fully saturated rings. The third kappa shape index (κ3) is 2.96. The molecule has 1 N–H and O–H groups in total. The van der Waals surface area contributed by atoms with Crippen molar-refractivity contribution in [3.63, 3.8) is 0 Å². The zero-order chi connectivity index (χ0) is 10.4. The third-order valence-electron chi connectivity index (χ3n) is 1.94. The van der Waals surface area contributed by atoms with Gasteiger partial charge in [0.05, 0.1) is 6.54 Å². The average Bonchev–Trinajstić information content (AvgIpc) is 2.48. The molecule has 0 aliphatic rings. The van der Waals surface area contributed by atoms with Crippen molar-refractivity contribution in [2.24, 2.45) is 7.05 Å². The van der Waals surface area contributed by atoms with Gasteiger partial charge in [-0.3, -0.25) is 4.68 Å². The normalized spacial score (nSPS) is 10.4. The van der Waals surface area contributed by atoms with Crippen LogP contribution in [0, 0.1) is 0 Å². The molecule has 4 heteroatoms. The number of nitrogens with one attached hydrogen (secondary N) is 1. The van der Waals surface area contributed by atoms with Crippen LogP contribution < -0.4 is 5.32 Å². The standard InChI is InChI=1S/C10H18N4/c1-4-6-9-12-10(14(3)13-9)8-11-7-5-2/h5,11H,2,4,6-8H2,1,3H3. The molecule has 0 amide bonds. The summed E-state index contributed by atoms with van der Waals surface area (Å²) in [5.74, 6) is 1.92. The lowest BCUT2D eigenvalue weighted by Gasteiger charge is -1.99. The molecule has 1 aromatic rings. The largest absolute Gasteiger partial charge is 0.306 e. The molecule has 0 aliphatic carbocycles. The van der Waals surface area contributed by atoms with E-state index in [0.29, 0.717) is 0 Å². The van der Waals surface area contributed by atoms with E-state index < -0.39 is 0 Å². The van der Waals surface area contributed by atoms with Crippen LogP contribution in [0.3, 0.4) is 0 Å². The molecular formula is C10H18N4. The smallest absolute Gasteiger partial charge is 0.150 e. The van der Waals surface area contributed by atoms with Crippen LogP contribution in [0.25, 0.3) is 0 Å². The summed E-state index contributed by atoms with van der Waals surface area (Å²) in [6.45, 7) is 7.33. The zero-order valence-electron chi connectivity index (χ0n) is 8.95. The first kappa shape index (κ1) is 10.9. The number of hydrogen-bond acceptors (Lipinski definition) is 3. The SMILES string of the molecule is C=CCNCc1nc(CCC)nn1C. The second kappa shape index (κ2) is 5.54. The summed E-state index contributed by atoms with van der Waals surface area (Å²) in [7, 11) is 1.93. The molecule has 1 aromatic heterocycles. The Kier molecular flexibility index (Phi) is 4.32. The van der Waals surface area contributed by atoms with Crippen molar-refractivity contribution < 1.29 is 0 Å². The monoisotopic (exact) mass is 194 g/mol. The van der Waals surface area contributed by atoms with Crippen LogP contribution in [0.2, 0.25) is 0 Å². The molecule has 4 nitrogen and oxygen atoms in total. The molecule has 0 unspecified atom stereocenters. The molecule has 0 saturated heterocycles. The summed E-state index contributed by atoms with van der Waals surface area (Å²) in [6, 6.07) is 0. The maximum absolute atomic E-state index is 4.43. The van der Waals surface area contributed by atoms with Gasteiger partial charge in [0.1, 0.15) is 5.82 Å². The summed E-state index contributed by atoms with van der Waals surface area (Å²) < 4.78 is 1.83. The fraction of sp³-hybridized carbons (Fsp3) is 0.600. The van der Waals surface area contributed by atoms with Crippen LogP contribution in [0.5, 0.6) is 0 Å². The molecule has 0 spiro atoms. The summed E-state index contributed by atoms with van der Waals surface area (Å²) in [4.78, 5) is 4.43. The Morgan fingerprint density at radius 3 is 3.00 bits per heavy atom. The Labute approximate surface area is 85.0 Å². The molecule has 0 atom stereocenters. The fourth-order valence-electron chi connectivity index (χ4n) is 1.24. The summed E-state index contributed by atoms with van der Waals surface area (Å²) in [5, 5.41) is 7.53. The predicted octanol–water partition coefficient (Wildman–Crippen LogP) is 1.04. The highest BCUT2D eigenvalue weighted by Crippen LogP contribution is 1.99. The van der Waals surface area contributed by atoms with Crippen LogP contribution in [-0.4, -0.2) is 21.3 Å². The van der Waals surface area contributed by atoms with E-state index in [1.165, 1.54) is 0 Å². The van der Waals surface area contributed by atoms with Crippen molar-refractivity contribution >= 4 is 0 Å². The predicted molar refractivity (Wildman–Crippen MR) is 56.9 cm³/mol. The second-order valence-electron chi connectivity index (χ2n) is 3.24. The maximum Gasteiger partial charge on any atom is 0.150 e. The van der Waals surface area contributed by atoms with Crippen molar-refractivity contribution in [1.29, 1.82) is 0 Å². The first-order valence-electron chi connectivity index (χ1n) is 4.98. The Hall–Kier alpha value is -1.16. The molecule has 14 heavy (non-hydrogen) atoms. The van der Waals surface area contributed by atoms with Crippen LogP contribution in [0.4, 0.5) is 0 Å². The van der Waals surface area contributed by atoms with Gasteiger partial charge in [0.2, 0.25) is 0 Å². The lowest BCUT2D eigenvalue weighted by atomic mass is 10.3. The van der Waals surface area contributed by atoms with Gasteiger partial charge < -0.3 is 5.32 Å². The van der Waals surface area contributed by atoms with Crippen LogP contribution >= 0.6 is 0 Å². The quantitative estimate of drug-likeness (QED) is 0.543. The number of rotatable bonds is 6. The molecule has 0 saturated carbocycles. The summed E-state index contributed by atoms with van der Waals surface area (Å²) >= 11 is 0. The molecule has 0 bridgehead atoms. The third-order valence-corrected chi connectivity index (χ3v) is 1.94. The topological polar surface area (TPSA) is 42.7 Å². The van der Waals surface area contributed by atoms with Crippen molar-refractivity contribution in [2.45, 2.75) is 26.3 Å². The molecule has 1 rings (SSSR count). The van der Waals surface area contributed by atoms with Crippen molar-refractivity contribution in [3.8, 4) is 0 Å². The molecule has 1 heterocycles. The summed E-state index contributed by atoms with van der Waals surface area (Å²) in [6.07, 6.45) is 3.88. The van der Waals surface area contributed by atoms with E-state index in [4.69, 9.17) is 0 Å². The minimum absolute atomic E-state index is 0.749. The molecule has 78 valence electrons. The van der Waals surface area contributed by atoms with E-state index in [0.717, 1.165) is 37.6 Å². The highest BCUT2D eigenvalue weighted by atomic mass is 15.3. The van der Waals surface area contributed by atoms with E-state index in [2.05, 4.69) is 28.9 Å². The van der Waals surface area contributed by atoms with Crippen molar-refractivity contribution in [2.75, 3.05) is 6.54 Å². The Morgan fingerprint density at radius 1 is 1.57 bits per heavy atom. The Morgan fingerprint density at radius 2 is 2.36 bits per heavy atom. The Bertz CT molecular complexity index is 290.